The van der Waals surface area contributed by atoms with Gasteiger partial charge in [-0.2, -0.15) is 5.10 Å². The van der Waals surface area contributed by atoms with Gasteiger partial charge in [0.25, 0.3) is 0 Å². The molecule has 0 amide bonds. The van der Waals surface area contributed by atoms with E-state index in [0.717, 1.165) is 18.7 Å². The molecule has 1 unspecified atom stereocenters. The molecule has 1 atom stereocenters. The van der Waals surface area contributed by atoms with Gasteiger partial charge in [-0.3, -0.25) is 0 Å². The summed E-state index contributed by atoms with van der Waals surface area (Å²) in [6.07, 6.45) is 5.56. The monoisotopic (exact) mass is 165 g/mol. The van der Waals surface area contributed by atoms with Crippen LogP contribution in [-0.4, -0.2) is 16.4 Å². The van der Waals surface area contributed by atoms with Crippen LogP contribution in [0.5, 0.6) is 0 Å². The molecule has 1 aliphatic rings. The van der Waals surface area contributed by atoms with E-state index in [4.69, 9.17) is 4.74 Å². The highest BCUT2D eigenvalue weighted by atomic mass is 16.5. The second kappa shape index (κ2) is 3.27. The summed E-state index contributed by atoms with van der Waals surface area (Å²) in [6.45, 7) is 4.61. The molecule has 0 bridgehead atoms. The lowest BCUT2D eigenvalue weighted by atomic mass is 10.2. The molecule has 0 spiro atoms. The summed E-state index contributed by atoms with van der Waals surface area (Å²) < 4.78 is 7.41. The summed E-state index contributed by atoms with van der Waals surface area (Å²) in [5.41, 5.74) is 0.809. The van der Waals surface area contributed by atoms with E-state index in [-0.39, 0.29) is 6.23 Å². The van der Waals surface area contributed by atoms with E-state index in [9.17, 15) is 0 Å². The zero-order valence-corrected chi connectivity index (χ0v) is 7.07. The summed E-state index contributed by atoms with van der Waals surface area (Å²) in [4.78, 5) is 0. The van der Waals surface area contributed by atoms with E-state index < -0.39 is 0 Å². The maximum absolute atomic E-state index is 5.55. The van der Waals surface area contributed by atoms with Gasteiger partial charge in [-0.25, -0.2) is 4.68 Å². The smallest absolute Gasteiger partial charge is 0.150 e. The van der Waals surface area contributed by atoms with Crippen molar-refractivity contribution in [3.8, 4) is 0 Å². The fourth-order valence-electron chi connectivity index (χ4n) is 1.47. The minimum atomic E-state index is 0.147. The molecule has 12 heavy (non-hydrogen) atoms. The lowest BCUT2D eigenvalue weighted by molar-refractivity contribution is -0.0395. The summed E-state index contributed by atoms with van der Waals surface area (Å²) >= 11 is 0. The zero-order valence-electron chi connectivity index (χ0n) is 7.07. The first-order valence-corrected chi connectivity index (χ1v) is 4.35. The third-order valence-corrected chi connectivity index (χ3v) is 2.11. The molecular weight excluding hydrogens is 152 g/mol. The van der Waals surface area contributed by atoms with Gasteiger partial charge in [-0.1, -0.05) is 0 Å². The molecule has 1 fully saturated rings. The van der Waals surface area contributed by atoms with E-state index in [2.05, 4.69) is 12.0 Å². The van der Waals surface area contributed by atoms with Crippen LogP contribution in [0.3, 0.4) is 0 Å². The van der Waals surface area contributed by atoms with Crippen LogP contribution in [0, 0.1) is 6.92 Å². The van der Waals surface area contributed by atoms with E-state index in [0.29, 0.717) is 0 Å². The lowest BCUT2D eigenvalue weighted by Gasteiger charge is -2.22. The first-order valence-electron chi connectivity index (χ1n) is 4.35. The van der Waals surface area contributed by atoms with Gasteiger partial charge in [0.2, 0.25) is 0 Å². The van der Waals surface area contributed by atoms with E-state index in [1.807, 2.05) is 16.9 Å². The standard InChI is InChI=1S/C9H13N2O/c1-8-5-6-11(10-8)9-4-2-3-7-12-9/h5-6,9H,1-4,7H2. The van der Waals surface area contributed by atoms with Gasteiger partial charge in [0.1, 0.15) is 6.23 Å². The summed E-state index contributed by atoms with van der Waals surface area (Å²) in [7, 11) is 0. The molecule has 0 aliphatic carbocycles. The Labute approximate surface area is 72.3 Å². The minimum absolute atomic E-state index is 0.147. The van der Waals surface area contributed by atoms with Crippen molar-refractivity contribution in [3.05, 3.63) is 24.9 Å². The fourth-order valence-corrected chi connectivity index (χ4v) is 1.47. The molecule has 3 nitrogen and oxygen atoms in total. The number of rotatable bonds is 1. The van der Waals surface area contributed by atoms with Gasteiger partial charge in [-0.05, 0) is 32.3 Å². The highest BCUT2D eigenvalue weighted by molar-refractivity contribution is 5.02. The van der Waals surface area contributed by atoms with Crippen LogP contribution in [0.1, 0.15) is 31.2 Å². The molecule has 2 heterocycles. The van der Waals surface area contributed by atoms with Crippen LogP contribution in [-0.2, 0) is 4.74 Å². The van der Waals surface area contributed by atoms with Crippen LogP contribution in [0.2, 0.25) is 0 Å². The maximum Gasteiger partial charge on any atom is 0.150 e. The SMILES string of the molecule is [CH2]c1ccn(C2CCCCO2)n1. The maximum atomic E-state index is 5.55. The van der Waals surface area contributed by atoms with E-state index >= 15 is 0 Å². The average molecular weight is 165 g/mol. The highest BCUT2D eigenvalue weighted by Gasteiger charge is 2.15. The topological polar surface area (TPSA) is 27.1 Å². The Morgan fingerprint density at radius 1 is 1.58 bits per heavy atom. The Hall–Kier alpha value is -0.830. The van der Waals surface area contributed by atoms with Crippen LogP contribution in [0.4, 0.5) is 0 Å². The largest absolute Gasteiger partial charge is 0.357 e. The summed E-state index contributed by atoms with van der Waals surface area (Å²) in [5, 5.41) is 4.21. The van der Waals surface area contributed by atoms with Gasteiger partial charge in [0, 0.05) is 12.8 Å². The normalized spacial score (nSPS) is 24.2. The summed E-state index contributed by atoms with van der Waals surface area (Å²) in [6, 6.07) is 1.90. The minimum Gasteiger partial charge on any atom is -0.357 e. The van der Waals surface area contributed by atoms with Crippen molar-refractivity contribution < 1.29 is 4.74 Å². The number of hydrogen-bond donors (Lipinski definition) is 0. The third kappa shape index (κ3) is 1.50. The zero-order chi connectivity index (χ0) is 8.39. The molecule has 0 aromatic carbocycles. The molecule has 0 saturated carbocycles. The first-order chi connectivity index (χ1) is 5.86. The molecule has 1 saturated heterocycles. The molecular formula is C9H13N2O. The quantitative estimate of drug-likeness (QED) is 0.634. The Morgan fingerprint density at radius 3 is 3.08 bits per heavy atom. The predicted octanol–water partition coefficient (Wildman–Crippen LogP) is 1.76. The molecule has 1 radical (unpaired) electrons. The van der Waals surface area contributed by atoms with Gasteiger partial charge >= 0.3 is 0 Å². The fraction of sp³-hybridized carbons (Fsp3) is 0.556. The van der Waals surface area contributed by atoms with Crippen LogP contribution in [0.15, 0.2) is 12.3 Å². The Balaban J connectivity index is 2.08. The van der Waals surface area contributed by atoms with Crippen molar-refractivity contribution in [2.75, 3.05) is 6.61 Å². The number of nitrogens with zero attached hydrogens (tertiary/aromatic N) is 2. The molecule has 0 N–H and O–H groups in total. The number of aromatic nitrogens is 2. The third-order valence-electron chi connectivity index (χ3n) is 2.11. The molecule has 3 heteroatoms. The predicted molar refractivity (Wildman–Crippen MR) is 45.5 cm³/mol. The molecule has 1 aliphatic heterocycles. The Bertz CT molecular complexity index is 251. The van der Waals surface area contributed by atoms with Gasteiger partial charge < -0.3 is 4.74 Å². The number of hydrogen-bond acceptors (Lipinski definition) is 2. The average Bonchev–Trinajstić information content (AvgIpc) is 2.54. The second-order valence-corrected chi connectivity index (χ2v) is 3.11. The van der Waals surface area contributed by atoms with Crippen LogP contribution in [0.25, 0.3) is 0 Å². The number of ether oxygens (including phenoxy) is 1. The van der Waals surface area contributed by atoms with Gasteiger partial charge in [-0.15, -0.1) is 0 Å². The lowest BCUT2D eigenvalue weighted by Crippen LogP contribution is -2.18. The Kier molecular flexibility index (Phi) is 2.13. The molecule has 2 rings (SSSR count). The van der Waals surface area contributed by atoms with Crippen molar-refractivity contribution in [3.63, 3.8) is 0 Å². The van der Waals surface area contributed by atoms with Crippen LogP contribution < -0.4 is 0 Å². The summed E-state index contributed by atoms with van der Waals surface area (Å²) in [5.74, 6) is 0. The first kappa shape index (κ1) is 7.80. The van der Waals surface area contributed by atoms with Crippen molar-refractivity contribution in [2.45, 2.75) is 25.5 Å². The highest BCUT2D eigenvalue weighted by Crippen LogP contribution is 2.21. The van der Waals surface area contributed by atoms with Crippen LogP contribution >= 0.6 is 0 Å². The molecule has 1 aromatic heterocycles. The van der Waals surface area contributed by atoms with Crippen molar-refractivity contribution in [1.82, 2.24) is 9.78 Å². The van der Waals surface area contributed by atoms with E-state index in [1.165, 1.54) is 12.8 Å². The van der Waals surface area contributed by atoms with Gasteiger partial charge in [0.05, 0.1) is 5.69 Å². The molecule has 1 aromatic rings. The Morgan fingerprint density at radius 2 is 2.50 bits per heavy atom. The van der Waals surface area contributed by atoms with Crippen molar-refractivity contribution >= 4 is 0 Å². The van der Waals surface area contributed by atoms with Crippen molar-refractivity contribution in [2.24, 2.45) is 0 Å². The van der Waals surface area contributed by atoms with E-state index in [1.54, 1.807) is 0 Å². The van der Waals surface area contributed by atoms with Gasteiger partial charge in [0.15, 0.2) is 0 Å². The second-order valence-electron chi connectivity index (χ2n) is 3.11. The van der Waals surface area contributed by atoms with Crippen molar-refractivity contribution in [1.29, 1.82) is 0 Å². The molecule has 65 valence electrons.